The van der Waals surface area contributed by atoms with Gasteiger partial charge in [-0.05, 0) is 12.1 Å². The molecule has 3 N–H and O–H groups in total. The summed E-state index contributed by atoms with van der Waals surface area (Å²) in [5.74, 6) is -1.99. The van der Waals surface area contributed by atoms with Crippen LogP contribution in [0.15, 0.2) is 23.4 Å². The highest BCUT2D eigenvalue weighted by molar-refractivity contribution is 7.89. The van der Waals surface area contributed by atoms with Crippen LogP contribution in [-0.2, 0) is 14.8 Å². The maximum atomic E-state index is 11.7. The zero-order valence-electron chi connectivity index (χ0n) is 9.67. The Morgan fingerprint density at radius 2 is 2.05 bits per heavy atom. The maximum absolute atomic E-state index is 11.7. The molecular formula is C10H9N3O5S. The summed E-state index contributed by atoms with van der Waals surface area (Å²) in [4.78, 5) is 28.0. The summed E-state index contributed by atoms with van der Waals surface area (Å²) < 4.78 is 25.2. The van der Waals surface area contributed by atoms with Gasteiger partial charge in [-0.2, -0.15) is 8.42 Å². The number of fused-ring (bicyclic) bond motifs is 1. The minimum atomic E-state index is -4.12. The van der Waals surface area contributed by atoms with Gasteiger partial charge in [-0.15, -0.1) is 0 Å². The molecule has 0 aliphatic carbocycles. The van der Waals surface area contributed by atoms with E-state index in [1.807, 2.05) is 0 Å². The molecule has 0 fully saturated rings. The van der Waals surface area contributed by atoms with Crippen LogP contribution in [0.25, 0.3) is 11.0 Å². The summed E-state index contributed by atoms with van der Waals surface area (Å²) in [5, 5.41) is 8.46. The van der Waals surface area contributed by atoms with Gasteiger partial charge in [0.25, 0.3) is 10.0 Å². The van der Waals surface area contributed by atoms with E-state index in [0.717, 1.165) is 6.92 Å². The number of sulfonamides is 1. The molecule has 9 heteroatoms. The first-order valence-electron chi connectivity index (χ1n) is 5.06. The fourth-order valence-electron chi connectivity index (χ4n) is 1.55. The second-order valence-electron chi connectivity index (χ2n) is 3.71. The minimum absolute atomic E-state index is 0.0129. The molecule has 0 saturated heterocycles. The summed E-state index contributed by atoms with van der Waals surface area (Å²) in [5.41, 5.74) is 0.140. The molecule has 0 saturated carbocycles. The highest BCUT2D eigenvalue weighted by atomic mass is 32.2. The van der Waals surface area contributed by atoms with Gasteiger partial charge in [-0.3, -0.25) is 4.79 Å². The molecule has 0 atom stereocenters. The number of aromatic nitrogens is 2. The molecule has 2 aromatic rings. The van der Waals surface area contributed by atoms with E-state index in [9.17, 15) is 18.0 Å². The predicted octanol–water partition coefficient (Wildman–Crippen LogP) is 0.0859. The zero-order valence-corrected chi connectivity index (χ0v) is 10.5. The summed E-state index contributed by atoms with van der Waals surface area (Å²) in [6, 6.07) is 4.25. The molecule has 0 radical (unpaired) electrons. The van der Waals surface area contributed by atoms with Gasteiger partial charge >= 0.3 is 5.97 Å². The van der Waals surface area contributed by atoms with Gasteiger partial charge in [-0.25, -0.2) is 14.5 Å². The van der Waals surface area contributed by atoms with Crippen LogP contribution >= 0.6 is 0 Å². The third-order valence-electron chi connectivity index (χ3n) is 2.25. The van der Waals surface area contributed by atoms with Crippen molar-refractivity contribution in [1.29, 1.82) is 0 Å². The topological polar surface area (TPSA) is 129 Å². The number of hydrogen-bond acceptors (Lipinski definition) is 5. The molecule has 1 heterocycles. The number of aromatic carboxylic acids is 1. The molecule has 1 amide bonds. The lowest BCUT2D eigenvalue weighted by Gasteiger charge is -1.99. The van der Waals surface area contributed by atoms with Crippen molar-refractivity contribution in [3.05, 3.63) is 23.8 Å². The number of carbonyl (C=O) groups excluding carboxylic acids is 1. The standard InChI is InChI=1S/C10H9N3O5S/c1-5(14)13-19(17,18)10-11-7-4-2-3-6(9(15)16)8(7)12-10/h2-4H,1H3,(H,11,12)(H,13,14)(H,15,16). The fraction of sp³-hybridized carbons (Fsp3) is 0.100. The van der Waals surface area contributed by atoms with Crippen molar-refractivity contribution in [2.24, 2.45) is 0 Å². The number of H-pyrrole nitrogens is 1. The van der Waals surface area contributed by atoms with Crippen molar-refractivity contribution in [3.8, 4) is 0 Å². The first-order valence-corrected chi connectivity index (χ1v) is 6.55. The number of carbonyl (C=O) groups is 2. The number of aromatic amines is 1. The van der Waals surface area contributed by atoms with Crippen LogP contribution in [0.3, 0.4) is 0 Å². The molecule has 1 aromatic carbocycles. The molecule has 8 nitrogen and oxygen atoms in total. The number of carboxylic acids is 1. The van der Waals surface area contributed by atoms with Gasteiger partial charge in [0.1, 0.15) is 5.52 Å². The second kappa shape index (κ2) is 4.35. The fourth-order valence-corrected chi connectivity index (χ4v) is 2.48. The maximum Gasteiger partial charge on any atom is 0.337 e. The van der Waals surface area contributed by atoms with E-state index in [1.165, 1.54) is 18.2 Å². The number of carboxylic acid groups (broad SMARTS) is 1. The monoisotopic (exact) mass is 283 g/mol. The number of para-hydroxylation sites is 1. The molecule has 0 spiro atoms. The quantitative estimate of drug-likeness (QED) is 0.731. The highest BCUT2D eigenvalue weighted by Crippen LogP contribution is 2.18. The normalized spacial score (nSPS) is 11.4. The van der Waals surface area contributed by atoms with Gasteiger partial charge in [0, 0.05) is 6.92 Å². The van der Waals surface area contributed by atoms with Crippen LogP contribution in [-0.4, -0.2) is 35.4 Å². The van der Waals surface area contributed by atoms with E-state index in [-0.39, 0.29) is 16.6 Å². The van der Waals surface area contributed by atoms with Gasteiger partial charge in [-0.1, -0.05) is 6.07 Å². The van der Waals surface area contributed by atoms with E-state index in [2.05, 4.69) is 9.97 Å². The minimum Gasteiger partial charge on any atom is -0.478 e. The van der Waals surface area contributed by atoms with Crippen LogP contribution in [0, 0.1) is 0 Å². The van der Waals surface area contributed by atoms with E-state index >= 15 is 0 Å². The van der Waals surface area contributed by atoms with E-state index < -0.39 is 27.1 Å². The van der Waals surface area contributed by atoms with Crippen LogP contribution in [0.1, 0.15) is 17.3 Å². The molecule has 0 bridgehead atoms. The lowest BCUT2D eigenvalue weighted by molar-refractivity contribution is -0.117. The number of rotatable bonds is 3. The number of nitrogens with one attached hydrogen (secondary N) is 2. The Morgan fingerprint density at radius 1 is 1.37 bits per heavy atom. The molecule has 0 aliphatic heterocycles. The Balaban J connectivity index is 2.63. The molecule has 2 rings (SSSR count). The average molecular weight is 283 g/mol. The Kier molecular flexibility index (Phi) is 2.98. The van der Waals surface area contributed by atoms with Crippen LogP contribution in [0.5, 0.6) is 0 Å². The molecular weight excluding hydrogens is 274 g/mol. The molecule has 0 aliphatic rings. The number of hydrogen-bond donors (Lipinski definition) is 3. The van der Waals surface area contributed by atoms with Crippen LogP contribution in [0.2, 0.25) is 0 Å². The summed E-state index contributed by atoms with van der Waals surface area (Å²) in [6.07, 6.45) is 0. The Labute approximate surface area is 107 Å². The smallest absolute Gasteiger partial charge is 0.337 e. The van der Waals surface area contributed by atoms with Crippen molar-refractivity contribution >= 4 is 32.9 Å². The largest absolute Gasteiger partial charge is 0.478 e. The van der Waals surface area contributed by atoms with Gasteiger partial charge in [0.05, 0.1) is 11.1 Å². The Bertz CT molecular complexity index is 778. The van der Waals surface area contributed by atoms with Crippen molar-refractivity contribution in [1.82, 2.24) is 14.7 Å². The molecule has 19 heavy (non-hydrogen) atoms. The summed E-state index contributed by atoms with van der Waals surface area (Å²) in [7, 11) is -4.12. The van der Waals surface area contributed by atoms with Crippen LogP contribution in [0.4, 0.5) is 0 Å². The molecule has 0 unspecified atom stereocenters. The van der Waals surface area contributed by atoms with Gasteiger partial charge < -0.3 is 10.1 Å². The van der Waals surface area contributed by atoms with E-state index in [4.69, 9.17) is 5.11 Å². The first kappa shape index (κ1) is 13.0. The summed E-state index contributed by atoms with van der Waals surface area (Å²) >= 11 is 0. The average Bonchev–Trinajstić information content (AvgIpc) is 2.70. The number of benzene rings is 1. The predicted molar refractivity (Wildman–Crippen MR) is 64.1 cm³/mol. The van der Waals surface area contributed by atoms with Crippen LogP contribution < -0.4 is 4.72 Å². The lowest BCUT2D eigenvalue weighted by atomic mass is 10.2. The Hall–Kier alpha value is -2.42. The summed E-state index contributed by atoms with van der Waals surface area (Å²) in [6.45, 7) is 1.04. The van der Waals surface area contributed by atoms with Crippen molar-refractivity contribution < 1.29 is 23.1 Å². The van der Waals surface area contributed by atoms with Crippen molar-refractivity contribution in [3.63, 3.8) is 0 Å². The zero-order chi connectivity index (χ0) is 14.2. The SMILES string of the molecule is CC(=O)NS(=O)(=O)c1nc2c(C(=O)O)cccc2[nH]1. The number of amides is 1. The van der Waals surface area contributed by atoms with Crippen molar-refractivity contribution in [2.75, 3.05) is 0 Å². The molecule has 1 aromatic heterocycles. The highest BCUT2D eigenvalue weighted by Gasteiger charge is 2.22. The van der Waals surface area contributed by atoms with Gasteiger partial charge in [0.15, 0.2) is 0 Å². The second-order valence-corrected chi connectivity index (χ2v) is 5.31. The third kappa shape index (κ3) is 2.40. The number of imidazole rings is 1. The number of nitrogens with zero attached hydrogens (tertiary/aromatic N) is 1. The third-order valence-corrected chi connectivity index (χ3v) is 3.51. The first-order chi connectivity index (χ1) is 8.81. The molecule has 100 valence electrons. The Morgan fingerprint density at radius 3 is 2.63 bits per heavy atom. The van der Waals surface area contributed by atoms with Crippen molar-refractivity contribution in [2.45, 2.75) is 12.1 Å². The van der Waals surface area contributed by atoms with E-state index in [0.29, 0.717) is 0 Å². The van der Waals surface area contributed by atoms with E-state index in [1.54, 1.807) is 4.72 Å². The van der Waals surface area contributed by atoms with Gasteiger partial charge in [0.2, 0.25) is 11.1 Å². The lowest BCUT2D eigenvalue weighted by Crippen LogP contribution is -2.28.